The number of aliphatic hydroxyl groups is 1. The van der Waals surface area contributed by atoms with Crippen molar-refractivity contribution in [2.24, 2.45) is 0 Å². The molecule has 2 rings (SSSR count). The van der Waals surface area contributed by atoms with Crippen LogP contribution >= 0.6 is 0 Å². The van der Waals surface area contributed by atoms with Crippen molar-refractivity contribution in [2.75, 3.05) is 33.3 Å². The van der Waals surface area contributed by atoms with Crippen LogP contribution in [0.4, 0.5) is 0 Å². The van der Waals surface area contributed by atoms with Gasteiger partial charge < -0.3 is 19.2 Å². The van der Waals surface area contributed by atoms with Gasteiger partial charge in [0.05, 0.1) is 38.2 Å². The van der Waals surface area contributed by atoms with E-state index in [4.69, 9.17) is 9.15 Å². The quantitative estimate of drug-likeness (QED) is 0.842. The molecule has 2 unspecified atom stereocenters. The minimum absolute atomic E-state index is 0.0166. The summed E-state index contributed by atoms with van der Waals surface area (Å²) in [5.74, 6) is 0.802. The first-order chi connectivity index (χ1) is 9.58. The van der Waals surface area contributed by atoms with Crippen molar-refractivity contribution in [3.05, 3.63) is 24.2 Å². The highest BCUT2D eigenvalue weighted by molar-refractivity contribution is 5.77. The maximum Gasteiger partial charge on any atom is 0.236 e. The first-order valence-electron chi connectivity index (χ1n) is 6.83. The highest BCUT2D eigenvalue weighted by Gasteiger charge is 2.26. The van der Waals surface area contributed by atoms with Crippen LogP contribution in [0.15, 0.2) is 22.8 Å². The van der Waals surface area contributed by atoms with E-state index in [1.165, 1.54) is 0 Å². The molecule has 6 nitrogen and oxygen atoms in total. The fourth-order valence-corrected chi connectivity index (χ4v) is 2.41. The molecule has 20 heavy (non-hydrogen) atoms. The largest absolute Gasteiger partial charge is 0.467 e. The smallest absolute Gasteiger partial charge is 0.236 e. The third kappa shape index (κ3) is 4.06. The molecule has 2 atom stereocenters. The van der Waals surface area contributed by atoms with Crippen molar-refractivity contribution in [2.45, 2.75) is 25.7 Å². The molecule has 0 bridgehead atoms. The summed E-state index contributed by atoms with van der Waals surface area (Å²) in [5, 5.41) is 9.18. The van der Waals surface area contributed by atoms with Gasteiger partial charge in [-0.2, -0.15) is 0 Å². The Morgan fingerprint density at radius 2 is 2.35 bits per heavy atom. The molecule has 0 radical (unpaired) electrons. The number of morpholine rings is 1. The predicted octanol–water partition coefficient (Wildman–Crippen LogP) is 0.320. The number of likely N-dealkylation sites (N-methyl/N-ethyl adjacent to an activating group) is 1. The Bertz CT molecular complexity index is 421. The van der Waals surface area contributed by atoms with E-state index in [1.54, 1.807) is 18.2 Å². The van der Waals surface area contributed by atoms with Crippen LogP contribution in [0, 0.1) is 0 Å². The van der Waals surface area contributed by atoms with Gasteiger partial charge in [-0.15, -0.1) is 0 Å². The average molecular weight is 282 g/mol. The Kier molecular flexibility index (Phi) is 5.17. The van der Waals surface area contributed by atoms with Crippen LogP contribution in [0.25, 0.3) is 0 Å². The summed E-state index contributed by atoms with van der Waals surface area (Å²) in [6.07, 6.45) is 1.43. The van der Waals surface area contributed by atoms with Gasteiger partial charge in [-0.1, -0.05) is 0 Å². The van der Waals surface area contributed by atoms with Crippen LogP contribution in [0.1, 0.15) is 12.7 Å². The third-order valence-corrected chi connectivity index (χ3v) is 3.36. The Morgan fingerprint density at radius 1 is 1.55 bits per heavy atom. The van der Waals surface area contributed by atoms with E-state index in [9.17, 15) is 9.90 Å². The van der Waals surface area contributed by atoms with Crippen LogP contribution in [-0.2, 0) is 16.1 Å². The van der Waals surface area contributed by atoms with Crippen molar-refractivity contribution in [3.63, 3.8) is 0 Å². The number of aliphatic hydroxyl groups excluding tert-OH is 1. The number of carbonyl (C=O) groups excluding carboxylic acids is 1. The van der Waals surface area contributed by atoms with Gasteiger partial charge in [-0.25, -0.2) is 0 Å². The number of rotatable bonds is 5. The van der Waals surface area contributed by atoms with Gasteiger partial charge in [0.1, 0.15) is 5.76 Å². The SMILES string of the molecule is CC1CN(CC(=O)N(C)Cc2ccco2)CC(CO)O1. The Labute approximate surface area is 118 Å². The number of hydrogen-bond donors (Lipinski definition) is 1. The van der Waals surface area contributed by atoms with E-state index in [0.717, 1.165) is 5.76 Å². The van der Waals surface area contributed by atoms with Crippen LogP contribution in [0.2, 0.25) is 0 Å². The highest BCUT2D eigenvalue weighted by Crippen LogP contribution is 2.11. The normalized spacial score (nSPS) is 23.8. The van der Waals surface area contributed by atoms with E-state index in [0.29, 0.717) is 26.2 Å². The molecule has 1 N–H and O–H groups in total. The van der Waals surface area contributed by atoms with E-state index < -0.39 is 0 Å². The van der Waals surface area contributed by atoms with Gasteiger partial charge in [-0.3, -0.25) is 9.69 Å². The lowest BCUT2D eigenvalue weighted by Gasteiger charge is -2.36. The van der Waals surface area contributed by atoms with Crippen LogP contribution in [-0.4, -0.2) is 66.3 Å². The summed E-state index contributed by atoms with van der Waals surface area (Å²) in [7, 11) is 1.76. The minimum atomic E-state index is -0.207. The maximum absolute atomic E-state index is 12.2. The number of ether oxygens (including phenoxy) is 1. The summed E-state index contributed by atoms with van der Waals surface area (Å²) in [6, 6.07) is 3.66. The minimum Gasteiger partial charge on any atom is -0.467 e. The van der Waals surface area contributed by atoms with Gasteiger partial charge in [0, 0.05) is 20.1 Å². The van der Waals surface area contributed by atoms with Crippen molar-refractivity contribution in [3.8, 4) is 0 Å². The zero-order chi connectivity index (χ0) is 14.5. The topological polar surface area (TPSA) is 66.2 Å². The molecular formula is C14H22N2O4. The number of carbonyl (C=O) groups is 1. The zero-order valence-corrected chi connectivity index (χ0v) is 12.0. The summed E-state index contributed by atoms with van der Waals surface area (Å²) >= 11 is 0. The fourth-order valence-electron chi connectivity index (χ4n) is 2.41. The van der Waals surface area contributed by atoms with E-state index >= 15 is 0 Å². The second-order valence-electron chi connectivity index (χ2n) is 5.27. The van der Waals surface area contributed by atoms with Crippen molar-refractivity contribution >= 4 is 5.91 Å². The molecule has 1 saturated heterocycles. The Balaban J connectivity index is 1.83. The van der Waals surface area contributed by atoms with Crippen molar-refractivity contribution in [1.29, 1.82) is 0 Å². The van der Waals surface area contributed by atoms with E-state index in [1.807, 2.05) is 24.0 Å². The Hall–Kier alpha value is -1.37. The predicted molar refractivity (Wildman–Crippen MR) is 73.0 cm³/mol. The number of nitrogens with zero attached hydrogens (tertiary/aromatic N) is 2. The maximum atomic E-state index is 12.2. The number of hydrogen-bond acceptors (Lipinski definition) is 5. The Morgan fingerprint density at radius 3 is 3.00 bits per heavy atom. The van der Waals surface area contributed by atoms with Gasteiger partial charge in [0.15, 0.2) is 0 Å². The van der Waals surface area contributed by atoms with Gasteiger partial charge in [0.25, 0.3) is 0 Å². The molecule has 0 aromatic carbocycles. The fraction of sp³-hybridized carbons (Fsp3) is 0.643. The van der Waals surface area contributed by atoms with E-state index in [2.05, 4.69) is 0 Å². The molecule has 1 aliphatic rings. The molecule has 1 fully saturated rings. The second-order valence-corrected chi connectivity index (χ2v) is 5.27. The van der Waals surface area contributed by atoms with Crippen LogP contribution in [0.5, 0.6) is 0 Å². The second kappa shape index (κ2) is 6.88. The molecular weight excluding hydrogens is 260 g/mol. The van der Waals surface area contributed by atoms with Gasteiger partial charge >= 0.3 is 0 Å². The third-order valence-electron chi connectivity index (χ3n) is 3.36. The molecule has 112 valence electrons. The van der Waals surface area contributed by atoms with Gasteiger partial charge in [-0.05, 0) is 19.1 Å². The zero-order valence-electron chi connectivity index (χ0n) is 12.0. The van der Waals surface area contributed by atoms with E-state index in [-0.39, 0.29) is 24.7 Å². The number of furan rings is 1. The molecule has 0 aliphatic carbocycles. The lowest BCUT2D eigenvalue weighted by Crippen LogP contribution is -2.51. The standard InChI is InChI=1S/C14H22N2O4/c1-11-6-16(8-13(10-17)20-11)9-14(18)15(2)7-12-4-3-5-19-12/h3-5,11,13,17H,6-10H2,1-2H3. The molecule has 2 heterocycles. The molecule has 1 aromatic heterocycles. The first-order valence-corrected chi connectivity index (χ1v) is 6.83. The van der Waals surface area contributed by atoms with Gasteiger partial charge in [0.2, 0.25) is 5.91 Å². The molecule has 1 aromatic rings. The van der Waals surface area contributed by atoms with Crippen LogP contribution in [0.3, 0.4) is 0 Å². The highest BCUT2D eigenvalue weighted by atomic mass is 16.5. The molecule has 0 spiro atoms. The monoisotopic (exact) mass is 282 g/mol. The summed E-state index contributed by atoms with van der Waals surface area (Å²) in [5.41, 5.74) is 0. The van der Waals surface area contributed by atoms with Crippen molar-refractivity contribution in [1.82, 2.24) is 9.80 Å². The van der Waals surface area contributed by atoms with Crippen molar-refractivity contribution < 1.29 is 19.1 Å². The summed E-state index contributed by atoms with van der Waals surface area (Å²) in [6.45, 7) is 4.03. The lowest BCUT2D eigenvalue weighted by atomic mass is 10.2. The number of amides is 1. The molecule has 0 saturated carbocycles. The molecule has 1 amide bonds. The first kappa shape index (κ1) is 15.0. The lowest BCUT2D eigenvalue weighted by molar-refractivity contribution is -0.137. The average Bonchev–Trinajstić information content (AvgIpc) is 2.90. The molecule has 1 aliphatic heterocycles. The summed E-state index contributed by atoms with van der Waals surface area (Å²) in [4.78, 5) is 15.8. The van der Waals surface area contributed by atoms with Crippen LogP contribution < -0.4 is 0 Å². The molecule has 6 heteroatoms. The summed E-state index contributed by atoms with van der Waals surface area (Å²) < 4.78 is 10.8.